The van der Waals surface area contributed by atoms with Crippen LogP contribution in [0.15, 0.2) is 24.3 Å². The van der Waals surface area contributed by atoms with Gasteiger partial charge in [-0.2, -0.15) is 5.10 Å². The molecule has 0 fully saturated rings. The third-order valence-electron chi connectivity index (χ3n) is 1.65. The number of rotatable bonds is 1. The van der Waals surface area contributed by atoms with E-state index in [2.05, 4.69) is 15.4 Å². The number of nitrogens with one attached hydrogen (secondary N) is 2. The van der Waals surface area contributed by atoms with Crippen molar-refractivity contribution in [3.63, 3.8) is 0 Å². The molecule has 2 N–H and O–H groups in total. The van der Waals surface area contributed by atoms with E-state index in [-0.39, 0.29) is 0 Å². The Morgan fingerprint density at radius 2 is 2.23 bits per heavy atom. The lowest BCUT2D eigenvalue weighted by Crippen LogP contribution is -1.78. The Hall–Kier alpha value is -1.13. The molecule has 2 aromatic rings. The van der Waals surface area contributed by atoms with Gasteiger partial charge >= 0.3 is 0 Å². The summed E-state index contributed by atoms with van der Waals surface area (Å²) in [7, 11) is 0. The van der Waals surface area contributed by atoms with Crippen molar-refractivity contribution in [2.75, 3.05) is 0 Å². The van der Waals surface area contributed by atoms with Crippen molar-refractivity contribution in [1.29, 1.82) is 0 Å². The van der Waals surface area contributed by atoms with Crippen molar-refractivity contribution in [2.24, 2.45) is 0 Å². The van der Waals surface area contributed by atoms with Crippen LogP contribution in [0.2, 0.25) is 5.02 Å². The summed E-state index contributed by atoms with van der Waals surface area (Å²) in [5.41, 5.74) is 1.63. The molecule has 0 unspecified atom stereocenters. The second kappa shape index (κ2) is 3.32. The Balaban J connectivity index is 2.59. The lowest BCUT2D eigenvalue weighted by molar-refractivity contribution is 0.938. The van der Waals surface area contributed by atoms with Crippen molar-refractivity contribution in [1.82, 2.24) is 15.4 Å². The zero-order valence-electron chi connectivity index (χ0n) is 6.54. The first-order chi connectivity index (χ1) is 6.27. The Morgan fingerprint density at radius 3 is 2.85 bits per heavy atom. The molecule has 66 valence electrons. The summed E-state index contributed by atoms with van der Waals surface area (Å²) in [5.74, 6) is 0. The molecule has 0 saturated carbocycles. The normalized spacial score (nSPS) is 10.2. The van der Waals surface area contributed by atoms with Crippen LogP contribution in [-0.4, -0.2) is 15.4 Å². The van der Waals surface area contributed by atoms with Crippen LogP contribution in [0, 0.1) is 4.64 Å². The molecule has 0 bridgehead atoms. The van der Waals surface area contributed by atoms with E-state index in [1.807, 2.05) is 24.3 Å². The SMILES string of the molecule is S=c1[nH][nH]nc1-c1cccc(Cl)c1. The van der Waals surface area contributed by atoms with Gasteiger partial charge in [0, 0.05) is 10.6 Å². The van der Waals surface area contributed by atoms with Crippen molar-refractivity contribution in [2.45, 2.75) is 0 Å². The summed E-state index contributed by atoms with van der Waals surface area (Å²) in [5, 5.41) is 9.98. The molecular weight excluding hydrogens is 206 g/mol. The van der Waals surface area contributed by atoms with E-state index in [1.165, 1.54) is 0 Å². The Labute approximate surface area is 84.7 Å². The molecule has 0 aliphatic heterocycles. The van der Waals surface area contributed by atoms with Gasteiger partial charge in [-0.05, 0) is 12.1 Å². The monoisotopic (exact) mass is 211 g/mol. The van der Waals surface area contributed by atoms with Crippen LogP contribution in [0.3, 0.4) is 0 Å². The highest BCUT2D eigenvalue weighted by atomic mass is 35.5. The average Bonchev–Trinajstić information content (AvgIpc) is 2.51. The van der Waals surface area contributed by atoms with Crippen LogP contribution >= 0.6 is 23.8 Å². The zero-order valence-corrected chi connectivity index (χ0v) is 8.12. The topological polar surface area (TPSA) is 44.5 Å². The van der Waals surface area contributed by atoms with E-state index in [1.54, 1.807) is 0 Å². The zero-order chi connectivity index (χ0) is 9.26. The minimum atomic E-state index is 0.585. The molecular formula is C8H6ClN3S. The van der Waals surface area contributed by atoms with Crippen molar-refractivity contribution in [3.05, 3.63) is 33.9 Å². The third kappa shape index (κ3) is 1.64. The Morgan fingerprint density at radius 1 is 1.38 bits per heavy atom. The number of H-pyrrole nitrogens is 2. The minimum absolute atomic E-state index is 0.585. The van der Waals surface area contributed by atoms with Crippen molar-refractivity contribution < 1.29 is 0 Å². The molecule has 5 heteroatoms. The predicted octanol–water partition coefficient (Wildman–Crippen LogP) is 2.79. The number of hydrogen-bond acceptors (Lipinski definition) is 2. The van der Waals surface area contributed by atoms with Crippen LogP contribution in [0.5, 0.6) is 0 Å². The van der Waals surface area contributed by atoms with Crippen LogP contribution in [0.4, 0.5) is 0 Å². The maximum Gasteiger partial charge on any atom is 0.147 e. The fourth-order valence-electron chi connectivity index (χ4n) is 1.08. The maximum absolute atomic E-state index is 5.83. The molecule has 2 rings (SSSR count). The van der Waals surface area contributed by atoms with Gasteiger partial charge in [0.25, 0.3) is 0 Å². The maximum atomic E-state index is 5.83. The lowest BCUT2D eigenvalue weighted by atomic mass is 10.2. The molecule has 0 aliphatic rings. The number of aromatic nitrogens is 3. The highest BCUT2D eigenvalue weighted by Crippen LogP contribution is 2.20. The summed E-state index contributed by atoms with van der Waals surface area (Å²) >= 11 is 10.9. The quantitative estimate of drug-likeness (QED) is 0.713. The number of hydrogen-bond donors (Lipinski definition) is 2. The molecule has 0 aliphatic carbocycles. The number of nitrogens with zero attached hydrogens (tertiary/aromatic N) is 1. The van der Waals surface area contributed by atoms with Crippen LogP contribution in [-0.2, 0) is 0 Å². The molecule has 0 saturated heterocycles. The summed E-state index contributed by atoms with van der Waals surface area (Å²) in [6.07, 6.45) is 0. The highest BCUT2D eigenvalue weighted by molar-refractivity contribution is 7.71. The van der Waals surface area contributed by atoms with E-state index in [0.717, 1.165) is 11.3 Å². The van der Waals surface area contributed by atoms with Gasteiger partial charge in [-0.1, -0.05) is 36.0 Å². The predicted molar refractivity (Wildman–Crippen MR) is 54.2 cm³/mol. The van der Waals surface area contributed by atoms with E-state index < -0.39 is 0 Å². The summed E-state index contributed by atoms with van der Waals surface area (Å²) in [6, 6.07) is 7.40. The second-order valence-corrected chi connectivity index (χ2v) is 3.38. The fourth-order valence-corrected chi connectivity index (χ4v) is 1.48. The molecule has 13 heavy (non-hydrogen) atoms. The number of halogens is 1. The number of benzene rings is 1. The van der Waals surface area contributed by atoms with Crippen LogP contribution in [0.1, 0.15) is 0 Å². The molecule has 0 radical (unpaired) electrons. The Bertz CT molecular complexity index is 474. The third-order valence-corrected chi connectivity index (χ3v) is 2.18. The molecule has 0 amide bonds. The molecule has 1 aromatic heterocycles. The summed E-state index contributed by atoms with van der Waals surface area (Å²) in [4.78, 5) is 0. The first-order valence-corrected chi connectivity index (χ1v) is 4.45. The van der Waals surface area contributed by atoms with Gasteiger partial charge in [-0.25, -0.2) is 5.21 Å². The van der Waals surface area contributed by atoms with Gasteiger partial charge in [0.2, 0.25) is 0 Å². The summed E-state index contributed by atoms with van der Waals surface area (Å²) in [6.45, 7) is 0. The average molecular weight is 212 g/mol. The molecule has 1 aromatic carbocycles. The number of aromatic amines is 2. The molecule has 0 atom stereocenters. The first-order valence-electron chi connectivity index (χ1n) is 3.66. The highest BCUT2D eigenvalue weighted by Gasteiger charge is 2.02. The standard InChI is InChI=1S/C8H6ClN3S/c9-6-3-1-2-5(4-6)7-8(13)11-12-10-7/h1-4H,(H2,10,11,12,13). The van der Waals surface area contributed by atoms with Crippen LogP contribution in [0.25, 0.3) is 11.3 Å². The first kappa shape index (κ1) is 8.47. The molecule has 3 nitrogen and oxygen atoms in total. The van der Waals surface area contributed by atoms with E-state index >= 15 is 0 Å². The van der Waals surface area contributed by atoms with Crippen molar-refractivity contribution >= 4 is 23.8 Å². The second-order valence-electron chi connectivity index (χ2n) is 2.54. The minimum Gasteiger partial charge on any atom is -0.273 e. The van der Waals surface area contributed by atoms with E-state index in [4.69, 9.17) is 23.8 Å². The van der Waals surface area contributed by atoms with Crippen LogP contribution < -0.4 is 0 Å². The summed E-state index contributed by atoms with van der Waals surface area (Å²) < 4.78 is 0.585. The van der Waals surface area contributed by atoms with Gasteiger partial charge in [0.05, 0.1) is 0 Å². The van der Waals surface area contributed by atoms with Gasteiger partial charge in [-0.3, -0.25) is 5.10 Å². The molecule has 0 spiro atoms. The van der Waals surface area contributed by atoms with Gasteiger partial charge < -0.3 is 0 Å². The van der Waals surface area contributed by atoms with Crippen molar-refractivity contribution in [3.8, 4) is 11.3 Å². The fraction of sp³-hybridized carbons (Fsp3) is 0. The van der Waals surface area contributed by atoms with E-state index in [9.17, 15) is 0 Å². The van der Waals surface area contributed by atoms with Gasteiger partial charge in [0.15, 0.2) is 0 Å². The largest absolute Gasteiger partial charge is 0.273 e. The molecule has 1 heterocycles. The van der Waals surface area contributed by atoms with Gasteiger partial charge in [-0.15, -0.1) is 0 Å². The lowest BCUT2D eigenvalue weighted by Gasteiger charge is -1.94. The smallest absolute Gasteiger partial charge is 0.147 e. The van der Waals surface area contributed by atoms with E-state index in [0.29, 0.717) is 9.66 Å². The van der Waals surface area contributed by atoms with Gasteiger partial charge in [0.1, 0.15) is 10.3 Å². The Kier molecular flexibility index (Phi) is 2.16.